The van der Waals surface area contributed by atoms with Gasteiger partial charge in [0.1, 0.15) is 6.23 Å². The summed E-state index contributed by atoms with van der Waals surface area (Å²) in [5, 5.41) is 10.5. The average molecular weight is 169 g/mol. The Morgan fingerprint density at radius 1 is 1.75 bits per heavy atom. The highest BCUT2D eigenvalue weighted by Crippen LogP contribution is 2.36. The lowest BCUT2D eigenvalue weighted by molar-refractivity contribution is -0.124. The summed E-state index contributed by atoms with van der Waals surface area (Å²) in [7, 11) is 1.58. The largest absolute Gasteiger partial charge is 0.361 e. The Morgan fingerprint density at radius 2 is 2.50 bits per heavy atom. The normalized spacial score (nSPS) is 44.7. The number of carbonyl (C=O) groups excluding carboxylic acids is 1. The van der Waals surface area contributed by atoms with Crippen molar-refractivity contribution in [2.45, 2.75) is 18.7 Å². The number of fused-ring (bicyclic) bond motifs is 1. The molecule has 0 aliphatic carbocycles. The molecule has 0 aromatic heterocycles. The molecule has 5 heteroatoms. The number of hydrogen-bond donors (Lipinski definition) is 1. The van der Waals surface area contributed by atoms with Crippen LogP contribution in [0.15, 0.2) is 10.2 Å². The van der Waals surface area contributed by atoms with E-state index in [4.69, 9.17) is 4.74 Å². The Balaban J connectivity index is 2.30. The highest BCUT2D eigenvalue weighted by atomic mass is 16.5. The van der Waals surface area contributed by atoms with Gasteiger partial charge in [-0.1, -0.05) is 0 Å². The molecule has 1 amide bonds. The van der Waals surface area contributed by atoms with Crippen LogP contribution >= 0.6 is 0 Å². The van der Waals surface area contributed by atoms with E-state index in [0.717, 1.165) is 0 Å². The monoisotopic (exact) mass is 169 g/mol. The van der Waals surface area contributed by atoms with Crippen LogP contribution in [0.4, 0.5) is 0 Å². The van der Waals surface area contributed by atoms with Gasteiger partial charge in [0.25, 0.3) is 5.91 Å². The van der Waals surface area contributed by atoms with Crippen LogP contribution in [0.3, 0.4) is 0 Å². The fourth-order valence-electron chi connectivity index (χ4n) is 1.73. The Kier molecular flexibility index (Phi) is 1.44. The van der Waals surface area contributed by atoms with Crippen molar-refractivity contribution < 1.29 is 9.53 Å². The van der Waals surface area contributed by atoms with Gasteiger partial charge in [0, 0.05) is 7.11 Å². The van der Waals surface area contributed by atoms with E-state index in [1.807, 2.05) is 0 Å². The van der Waals surface area contributed by atoms with Crippen LogP contribution in [0.25, 0.3) is 0 Å². The summed E-state index contributed by atoms with van der Waals surface area (Å²) in [4.78, 5) is 11.4. The molecule has 0 radical (unpaired) electrons. The number of azo groups is 1. The maximum Gasteiger partial charge on any atom is 0.252 e. The molecule has 5 nitrogen and oxygen atoms in total. The van der Waals surface area contributed by atoms with E-state index in [9.17, 15) is 4.79 Å². The van der Waals surface area contributed by atoms with Crippen LogP contribution in [0, 0.1) is 5.92 Å². The minimum Gasteiger partial charge on any atom is -0.361 e. The fraction of sp³-hybridized carbons (Fsp3) is 0.857. The predicted molar refractivity (Wildman–Crippen MR) is 40.6 cm³/mol. The standard InChI is InChI=1S/C7H11N3O2/c1-7-4(3-8-10-7)5(12-2)9-6(7)11/h4-5H,3H2,1-2H3,(H,9,11). The van der Waals surface area contributed by atoms with Crippen molar-refractivity contribution >= 4 is 5.91 Å². The van der Waals surface area contributed by atoms with E-state index in [2.05, 4.69) is 15.5 Å². The molecule has 1 N–H and O–H groups in total. The van der Waals surface area contributed by atoms with Gasteiger partial charge in [-0.3, -0.25) is 4.79 Å². The molecule has 66 valence electrons. The van der Waals surface area contributed by atoms with E-state index in [0.29, 0.717) is 6.54 Å². The molecule has 1 saturated heterocycles. The summed E-state index contributed by atoms with van der Waals surface area (Å²) >= 11 is 0. The second-order valence-electron chi connectivity index (χ2n) is 3.31. The number of hydrogen-bond acceptors (Lipinski definition) is 4. The summed E-state index contributed by atoms with van der Waals surface area (Å²) in [6.45, 7) is 2.37. The third-order valence-electron chi connectivity index (χ3n) is 2.63. The van der Waals surface area contributed by atoms with E-state index < -0.39 is 5.54 Å². The topological polar surface area (TPSA) is 63.0 Å². The van der Waals surface area contributed by atoms with Gasteiger partial charge >= 0.3 is 0 Å². The first kappa shape index (κ1) is 7.67. The minimum absolute atomic E-state index is 0.0648. The van der Waals surface area contributed by atoms with Crippen molar-refractivity contribution in [3.63, 3.8) is 0 Å². The first-order valence-electron chi connectivity index (χ1n) is 3.91. The van der Waals surface area contributed by atoms with E-state index >= 15 is 0 Å². The molecule has 0 spiro atoms. The Bertz CT molecular complexity index is 253. The molecule has 12 heavy (non-hydrogen) atoms. The summed E-state index contributed by atoms with van der Waals surface area (Å²) < 4.78 is 5.11. The van der Waals surface area contributed by atoms with E-state index in [1.54, 1.807) is 14.0 Å². The number of methoxy groups -OCH3 is 1. The average Bonchev–Trinajstić information content (AvgIpc) is 2.51. The lowest BCUT2D eigenvalue weighted by Gasteiger charge is -2.17. The van der Waals surface area contributed by atoms with E-state index in [1.165, 1.54) is 0 Å². The highest BCUT2D eigenvalue weighted by molar-refractivity contribution is 5.89. The van der Waals surface area contributed by atoms with Crippen molar-refractivity contribution in [2.24, 2.45) is 16.1 Å². The Morgan fingerprint density at radius 3 is 3.17 bits per heavy atom. The summed E-state index contributed by atoms with van der Waals surface area (Å²) in [6, 6.07) is 0. The fourth-order valence-corrected chi connectivity index (χ4v) is 1.73. The van der Waals surface area contributed by atoms with Gasteiger partial charge in [0.15, 0.2) is 5.54 Å². The van der Waals surface area contributed by atoms with Gasteiger partial charge in [-0.2, -0.15) is 10.2 Å². The van der Waals surface area contributed by atoms with Gasteiger partial charge in [-0.05, 0) is 6.92 Å². The second-order valence-corrected chi connectivity index (χ2v) is 3.31. The lowest BCUT2D eigenvalue weighted by atomic mass is 9.90. The zero-order valence-corrected chi connectivity index (χ0v) is 7.07. The second kappa shape index (κ2) is 2.26. The Hall–Kier alpha value is -0.970. The molecule has 2 aliphatic rings. The van der Waals surface area contributed by atoms with Gasteiger partial charge in [0.2, 0.25) is 0 Å². The van der Waals surface area contributed by atoms with Gasteiger partial charge in [0.05, 0.1) is 12.5 Å². The molecule has 2 rings (SSSR count). The van der Waals surface area contributed by atoms with Crippen LogP contribution in [0.5, 0.6) is 0 Å². The van der Waals surface area contributed by atoms with Crippen LogP contribution < -0.4 is 5.32 Å². The molecule has 0 aromatic carbocycles. The van der Waals surface area contributed by atoms with Crippen molar-refractivity contribution in [1.29, 1.82) is 0 Å². The molecule has 1 fully saturated rings. The first-order valence-corrected chi connectivity index (χ1v) is 3.91. The number of ether oxygens (including phenoxy) is 1. The number of nitrogens with one attached hydrogen (secondary N) is 1. The quantitative estimate of drug-likeness (QED) is 0.597. The third kappa shape index (κ3) is 0.741. The molecule has 0 bridgehead atoms. The maximum absolute atomic E-state index is 11.4. The van der Waals surface area contributed by atoms with Crippen molar-refractivity contribution in [3.8, 4) is 0 Å². The van der Waals surface area contributed by atoms with Crippen LogP contribution in [0.1, 0.15) is 6.92 Å². The van der Waals surface area contributed by atoms with Gasteiger partial charge in [-0.15, -0.1) is 0 Å². The summed E-state index contributed by atoms with van der Waals surface area (Å²) in [5.74, 6) is -0.0180. The van der Waals surface area contributed by atoms with E-state index in [-0.39, 0.29) is 18.1 Å². The molecule has 0 aromatic rings. The smallest absolute Gasteiger partial charge is 0.252 e. The molecule has 0 saturated carbocycles. The number of nitrogens with zero attached hydrogens (tertiary/aromatic N) is 2. The molecular formula is C7H11N3O2. The first-order chi connectivity index (χ1) is 5.68. The van der Waals surface area contributed by atoms with Crippen LogP contribution in [0.2, 0.25) is 0 Å². The summed E-state index contributed by atoms with van der Waals surface area (Å²) in [5.41, 5.74) is -0.680. The zero-order valence-electron chi connectivity index (χ0n) is 7.07. The Labute approximate surface area is 70.2 Å². The third-order valence-corrected chi connectivity index (χ3v) is 2.63. The lowest BCUT2D eigenvalue weighted by Crippen LogP contribution is -2.35. The van der Waals surface area contributed by atoms with Gasteiger partial charge in [-0.25, -0.2) is 0 Å². The number of amides is 1. The number of carbonyl (C=O) groups is 1. The molecular weight excluding hydrogens is 158 g/mol. The van der Waals surface area contributed by atoms with Crippen molar-refractivity contribution in [3.05, 3.63) is 0 Å². The zero-order chi connectivity index (χ0) is 8.77. The van der Waals surface area contributed by atoms with Gasteiger partial charge < -0.3 is 10.1 Å². The van der Waals surface area contributed by atoms with Crippen LogP contribution in [-0.2, 0) is 9.53 Å². The molecule has 2 aliphatic heterocycles. The van der Waals surface area contributed by atoms with Crippen molar-refractivity contribution in [1.82, 2.24) is 5.32 Å². The van der Waals surface area contributed by atoms with Crippen molar-refractivity contribution in [2.75, 3.05) is 13.7 Å². The SMILES string of the molecule is COC1NC(=O)C2(C)N=NCC12. The molecule has 2 heterocycles. The molecule has 3 unspecified atom stereocenters. The maximum atomic E-state index is 11.4. The highest BCUT2D eigenvalue weighted by Gasteiger charge is 2.55. The minimum atomic E-state index is -0.680. The number of rotatable bonds is 1. The van der Waals surface area contributed by atoms with Crippen LogP contribution in [-0.4, -0.2) is 31.3 Å². The summed E-state index contributed by atoms with van der Waals surface area (Å²) in [6.07, 6.45) is -0.225. The molecule has 3 atom stereocenters. The predicted octanol–water partition coefficient (Wildman–Crippen LogP) is -0.0706.